The first-order chi connectivity index (χ1) is 13.1. The fourth-order valence-corrected chi connectivity index (χ4v) is 3.78. The van der Waals surface area contributed by atoms with Gasteiger partial charge in [0.25, 0.3) is 0 Å². The fourth-order valence-electron chi connectivity index (χ4n) is 3.78. The quantitative estimate of drug-likeness (QED) is 0.820. The van der Waals surface area contributed by atoms with Crippen LogP contribution in [0.3, 0.4) is 0 Å². The SMILES string of the molecule is CCCN1CC[C@@H](NC(=O)N2CCN(Cc3cccc(OC)c3)C(=O)C2)C1. The van der Waals surface area contributed by atoms with Crippen molar-refractivity contribution in [2.45, 2.75) is 32.4 Å². The lowest BCUT2D eigenvalue weighted by Gasteiger charge is -2.35. The number of nitrogens with one attached hydrogen (secondary N) is 1. The summed E-state index contributed by atoms with van der Waals surface area (Å²) in [6.45, 7) is 6.98. The summed E-state index contributed by atoms with van der Waals surface area (Å²) in [5.41, 5.74) is 1.03. The number of rotatable bonds is 6. The second-order valence-corrected chi connectivity index (χ2v) is 7.32. The highest BCUT2D eigenvalue weighted by Gasteiger charge is 2.30. The number of carbonyl (C=O) groups excluding carboxylic acids is 2. The normalized spacial score (nSPS) is 20.8. The molecule has 0 saturated carbocycles. The van der Waals surface area contributed by atoms with Gasteiger partial charge in [0.2, 0.25) is 5.91 Å². The van der Waals surface area contributed by atoms with Crippen LogP contribution >= 0.6 is 0 Å². The first-order valence-corrected chi connectivity index (χ1v) is 9.77. The van der Waals surface area contributed by atoms with Crippen LogP contribution in [0.1, 0.15) is 25.3 Å². The molecule has 1 N–H and O–H groups in total. The molecule has 1 atom stereocenters. The Bertz CT molecular complexity index is 666. The number of nitrogens with zero attached hydrogens (tertiary/aromatic N) is 3. The van der Waals surface area contributed by atoms with Crippen molar-refractivity contribution in [2.75, 3.05) is 46.4 Å². The maximum Gasteiger partial charge on any atom is 0.318 e. The number of hydrogen-bond donors (Lipinski definition) is 1. The van der Waals surface area contributed by atoms with Crippen LogP contribution in [0.15, 0.2) is 24.3 Å². The van der Waals surface area contributed by atoms with Crippen LogP contribution in [0.2, 0.25) is 0 Å². The molecule has 27 heavy (non-hydrogen) atoms. The first kappa shape index (κ1) is 19.5. The highest BCUT2D eigenvalue weighted by Crippen LogP contribution is 2.16. The standard InChI is InChI=1S/C20H30N4O3/c1-3-8-22-9-7-17(14-22)21-20(26)24-11-10-23(19(25)15-24)13-16-5-4-6-18(12-16)27-2/h4-6,12,17H,3,7-11,13-15H2,1-2H3,(H,21,26)/t17-/m1/s1. The van der Waals surface area contributed by atoms with Crippen LogP contribution in [0.4, 0.5) is 4.79 Å². The minimum Gasteiger partial charge on any atom is -0.497 e. The lowest BCUT2D eigenvalue weighted by Crippen LogP contribution is -2.55. The Hall–Kier alpha value is -2.28. The zero-order chi connectivity index (χ0) is 19.2. The van der Waals surface area contributed by atoms with E-state index in [0.29, 0.717) is 19.6 Å². The molecule has 2 fully saturated rings. The molecule has 0 spiro atoms. The van der Waals surface area contributed by atoms with E-state index in [-0.39, 0.29) is 24.5 Å². The molecule has 148 valence electrons. The summed E-state index contributed by atoms with van der Waals surface area (Å²) < 4.78 is 5.24. The van der Waals surface area contributed by atoms with Crippen LogP contribution in [0.5, 0.6) is 5.75 Å². The Labute approximate surface area is 161 Å². The minimum absolute atomic E-state index is 0.0155. The van der Waals surface area contributed by atoms with Crippen molar-refractivity contribution >= 4 is 11.9 Å². The van der Waals surface area contributed by atoms with Gasteiger partial charge in [-0.1, -0.05) is 19.1 Å². The number of piperazine rings is 1. The Morgan fingerprint density at radius 2 is 2.15 bits per heavy atom. The second-order valence-electron chi connectivity index (χ2n) is 7.32. The molecule has 0 radical (unpaired) electrons. The van der Waals surface area contributed by atoms with Crippen molar-refractivity contribution in [1.29, 1.82) is 0 Å². The molecule has 7 nitrogen and oxygen atoms in total. The lowest BCUT2D eigenvalue weighted by molar-refractivity contribution is -0.135. The van der Waals surface area contributed by atoms with Crippen LogP contribution < -0.4 is 10.1 Å². The molecule has 0 aliphatic carbocycles. The van der Waals surface area contributed by atoms with Crippen LogP contribution in [0, 0.1) is 0 Å². The van der Waals surface area contributed by atoms with Crippen molar-refractivity contribution in [1.82, 2.24) is 20.0 Å². The maximum absolute atomic E-state index is 12.5. The van der Waals surface area contributed by atoms with Gasteiger partial charge in [0.15, 0.2) is 0 Å². The number of benzene rings is 1. The molecule has 2 aliphatic heterocycles. The minimum atomic E-state index is -0.118. The summed E-state index contributed by atoms with van der Waals surface area (Å²) in [7, 11) is 1.63. The summed E-state index contributed by atoms with van der Waals surface area (Å²) in [5, 5.41) is 3.10. The van der Waals surface area contributed by atoms with Gasteiger partial charge in [-0.15, -0.1) is 0 Å². The fraction of sp³-hybridized carbons (Fsp3) is 0.600. The average Bonchev–Trinajstić information content (AvgIpc) is 3.10. The average molecular weight is 374 g/mol. The molecule has 0 unspecified atom stereocenters. The zero-order valence-corrected chi connectivity index (χ0v) is 16.3. The number of urea groups is 1. The molecule has 7 heteroatoms. The van der Waals surface area contributed by atoms with E-state index in [1.807, 2.05) is 24.3 Å². The molecule has 2 aliphatic rings. The van der Waals surface area contributed by atoms with E-state index < -0.39 is 0 Å². The zero-order valence-electron chi connectivity index (χ0n) is 16.3. The first-order valence-electron chi connectivity index (χ1n) is 9.77. The summed E-state index contributed by atoms with van der Waals surface area (Å²) in [6, 6.07) is 7.80. The molecule has 0 aromatic heterocycles. The molecule has 2 heterocycles. The van der Waals surface area contributed by atoms with Gasteiger partial charge in [0, 0.05) is 38.8 Å². The Morgan fingerprint density at radius 1 is 1.30 bits per heavy atom. The number of carbonyl (C=O) groups is 2. The Kier molecular flexibility index (Phi) is 6.55. The molecule has 2 saturated heterocycles. The summed E-state index contributed by atoms with van der Waals surface area (Å²) in [6.07, 6.45) is 2.11. The molecular formula is C20H30N4O3. The molecule has 1 aromatic rings. The molecule has 3 rings (SSSR count). The maximum atomic E-state index is 12.5. The Balaban J connectivity index is 1.48. The van der Waals surface area contributed by atoms with Crippen molar-refractivity contribution in [3.8, 4) is 5.75 Å². The number of ether oxygens (including phenoxy) is 1. The van der Waals surface area contributed by atoms with Crippen LogP contribution in [0.25, 0.3) is 0 Å². The van der Waals surface area contributed by atoms with E-state index in [9.17, 15) is 9.59 Å². The van der Waals surface area contributed by atoms with Gasteiger partial charge in [-0.3, -0.25) is 4.79 Å². The molecule has 1 aromatic carbocycles. The second kappa shape index (κ2) is 9.08. The predicted molar refractivity (Wildman–Crippen MR) is 104 cm³/mol. The molecular weight excluding hydrogens is 344 g/mol. The summed E-state index contributed by atoms with van der Waals surface area (Å²) in [5.74, 6) is 0.768. The van der Waals surface area contributed by atoms with Gasteiger partial charge in [0.05, 0.1) is 7.11 Å². The van der Waals surface area contributed by atoms with E-state index >= 15 is 0 Å². The number of methoxy groups -OCH3 is 1. The van der Waals surface area contributed by atoms with E-state index in [1.54, 1.807) is 16.9 Å². The van der Waals surface area contributed by atoms with Crippen LogP contribution in [-0.4, -0.2) is 79.1 Å². The summed E-state index contributed by atoms with van der Waals surface area (Å²) >= 11 is 0. The molecule has 0 bridgehead atoms. The van der Waals surface area contributed by atoms with Crippen molar-refractivity contribution in [3.63, 3.8) is 0 Å². The van der Waals surface area contributed by atoms with Gasteiger partial charge in [0.1, 0.15) is 12.3 Å². The van der Waals surface area contributed by atoms with Crippen molar-refractivity contribution in [2.24, 2.45) is 0 Å². The van der Waals surface area contributed by atoms with E-state index in [4.69, 9.17) is 4.74 Å². The molecule has 3 amide bonds. The Morgan fingerprint density at radius 3 is 2.89 bits per heavy atom. The predicted octanol–water partition coefficient (Wildman–Crippen LogP) is 1.53. The number of amides is 3. The third-order valence-electron chi connectivity index (χ3n) is 5.25. The highest BCUT2D eigenvalue weighted by atomic mass is 16.5. The van der Waals surface area contributed by atoms with Crippen LogP contribution in [-0.2, 0) is 11.3 Å². The van der Waals surface area contributed by atoms with E-state index in [2.05, 4.69) is 17.1 Å². The van der Waals surface area contributed by atoms with Gasteiger partial charge < -0.3 is 24.8 Å². The highest BCUT2D eigenvalue weighted by molar-refractivity contribution is 5.85. The van der Waals surface area contributed by atoms with Gasteiger partial charge >= 0.3 is 6.03 Å². The van der Waals surface area contributed by atoms with Gasteiger partial charge in [-0.25, -0.2) is 4.79 Å². The van der Waals surface area contributed by atoms with E-state index in [0.717, 1.165) is 43.8 Å². The number of likely N-dealkylation sites (tertiary alicyclic amines) is 1. The number of hydrogen-bond acceptors (Lipinski definition) is 4. The topological polar surface area (TPSA) is 65.1 Å². The lowest BCUT2D eigenvalue weighted by atomic mass is 10.2. The third-order valence-corrected chi connectivity index (χ3v) is 5.25. The summed E-state index contributed by atoms with van der Waals surface area (Å²) in [4.78, 5) is 30.8. The smallest absolute Gasteiger partial charge is 0.318 e. The largest absolute Gasteiger partial charge is 0.497 e. The van der Waals surface area contributed by atoms with E-state index in [1.165, 1.54) is 0 Å². The van der Waals surface area contributed by atoms with Crippen molar-refractivity contribution in [3.05, 3.63) is 29.8 Å². The van der Waals surface area contributed by atoms with Gasteiger partial charge in [-0.05, 0) is 37.1 Å². The monoisotopic (exact) mass is 374 g/mol. The van der Waals surface area contributed by atoms with Crippen molar-refractivity contribution < 1.29 is 14.3 Å². The third kappa shape index (κ3) is 5.13. The van der Waals surface area contributed by atoms with Gasteiger partial charge in [-0.2, -0.15) is 0 Å².